The predicted octanol–water partition coefficient (Wildman–Crippen LogP) is 12.2. The van der Waals surface area contributed by atoms with E-state index in [4.69, 9.17) is 4.89 Å². The number of rotatable bonds is 2. The Balaban J connectivity index is 0.000000462. The van der Waals surface area contributed by atoms with Gasteiger partial charge in [0.1, 0.15) is 0 Å². The zero-order valence-electron chi connectivity index (χ0n) is 24.9. The molecule has 0 radical (unpaired) electrons. The van der Waals surface area contributed by atoms with Crippen molar-refractivity contribution in [2.75, 3.05) is 14.2 Å². The molecule has 0 amide bonds. The SMILES string of the molecule is C1CCCCCCCCC1.C1CCCCCCCCC1.C1CCCCCCCCC1.COP(O)OC. The van der Waals surface area contributed by atoms with E-state index in [0.717, 1.165) is 0 Å². The molecule has 3 rings (SSSR count). The van der Waals surface area contributed by atoms with Gasteiger partial charge in [0, 0.05) is 14.2 Å². The largest absolute Gasteiger partial charge is 0.329 e. The lowest BCUT2D eigenvalue weighted by Gasteiger charge is -2.05. The molecule has 0 unspecified atom stereocenters. The van der Waals surface area contributed by atoms with Crippen LogP contribution >= 0.6 is 8.60 Å². The smallest absolute Gasteiger partial charge is 0.328 e. The van der Waals surface area contributed by atoms with Gasteiger partial charge in [0.05, 0.1) is 0 Å². The second kappa shape index (κ2) is 33.3. The molecular weight excluding hydrogens is 463 g/mol. The Hall–Kier alpha value is 0.310. The first-order valence-electron chi connectivity index (χ1n) is 16.4. The van der Waals surface area contributed by atoms with Gasteiger partial charge in [0.25, 0.3) is 0 Å². The Kier molecular flexibility index (Phi) is 33.6. The lowest BCUT2D eigenvalue weighted by Crippen LogP contribution is -1.85. The Morgan fingerprint density at radius 2 is 0.361 bits per heavy atom. The van der Waals surface area contributed by atoms with E-state index in [1.165, 1.54) is 207 Å². The van der Waals surface area contributed by atoms with Gasteiger partial charge in [-0.2, -0.15) is 0 Å². The van der Waals surface area contributed by atoms with Gasteiger partial charge in [-0.3, -0.25) is 0 Å². The maximum absolute atomic E-state index is 8.29. The fraction of sp³-hybridized carbons (Fsp3) is 1.00. The van der Waals surface area contributed by atoms with Crippen LogP contribution in [0.2, 0.25) is 0 Å². The lowest BCUT2D eigenvalue weighted by molar-refractivity contribution is 0.271. The van der Waals surface area contributed by atoms with Crippen molar-refractivity contribution in [2.24, 2.45) is 0 Å². The van der Waals surface area contributed by atoms with Crippen molar-refractivity contribution in [3.63, 3.8) is 0 Å². The van der Waals surface area contributed by atoms with Crippen LogP contribution in [0.4, 0.5) is 0 Å². The van der Waals surface area contributed by atoms with Crippen molar-refractivity contribution >= 4 is 8.60 Å². The zero-order chi connectivity index (χ0) is 26.2. The van der Waals surface area contributed by atoms with Crippen LogP contribution in [0.15, 0.2) is 0 Å². The Labute approximate surface area is 229 Å². The summed E-state index contributed by atoms with van der Waals surface area (Å²) in [5.74, 6) is 0. The summed E-state index contributed by atoms with van der Waals surface area (Å²) in [7, 11) is 1.19. The van der Waals surface area contributed by atoms with Gasteiger partial charge in [-0.25, -0.2) is 0 Å². The van der Waals surface area contributed by atoms with Gasteiger partial charge in [-0.15, -0.1) is 0 Å². The molecule has 0 atom stereocenters. The van der Waals surface area contributed by atoms with E-state index in [0.29, 0.717) is 0 Å². The molecule has 0 aromatic heterocycles. The van der Waals surface area contributed by atoms with E-state index in [1.807, 2.05) is 0 Å². The van der Waals surface area contributed by atoms with Crippen molar-refractivity contribution < 1.29 is 13.9 Å². The summed E-state index contributed by atoms with van der Waals surface area (Å²) in [6, 6.07) is 0. The highest BCUT2D eigenvalue weighted by Crippen LogP contribution is 2.28. The van der Waals surface area contributed by atoms with Gasteiger partial charge in [-0.05, 0) is 0 Å². The molecule has 3 nitrogen and oxygen atoms in total. The summed E-state index contributed by atoms with van der Waals surface area (Å²) in [6.07, 6.45) is 45.0. The minimum atomic E-state index is -1.58. The first kappa shape index (κ1) is 36.3. The van der Waals surface area contributed by atoms with Crippen LogP contribution in [0, 0.1) is 0 Å². The van der Waals surface area contributed by atoms with Crippen molar-refractivity contribution in [3.05, 3.63) is 0 Å². The quantitative estimate of drug-likeness (QED) is 0.361. The fourth-order valence-corrected chi connectivity index (χ4v) is 5.53. The maximum Gasteiger partial charge on any atom is 0.329 e. The molecule has 3 aliphatic carbocycles. The van der Waals surface area contributed by atoms with E-state index in [9.17, 15) is 0 Å². The van der Waals surface area contributed by atoms with E-state index >= 15 is 0 Å². The van der Waals surface area contributed by atoms with Gasteiger partial charge in [-0.1, -0.05) is 193 Å². The highest BCUT2D eigenvalue weighted by atomic mass is 31.2. The Bertz CT molecular complexity index is 229. The molecule has 218 valence electrons. The molecule has 36 heavy (non-hydrogen) atoms. The molecule has 0 aliphatic heterocycles. The summed E-state index contributed by atoms with van der Waals surface area (Å²) in [5.41, 5.74) is 0. The second-order valence-corrected chi connectivity index (χ2v) is 12.4. The van der Waals surface area contributed by atoms with Gasteiger partial charge in [0.2, 0.25) is 0 Å². The van der Waals surface area contributed by atoms with Crippen LogP contribution in [0.25, 0.3) is 0 Å². The van der Waals surface area contributed by atoms with E-state index < -0.39 is 8.60 Å². The minimum Gasteiger partial charge on any atom is -0.328 e. The molecule has 0 saturated heterocycles. The van der Waals surface area contributed by atoms with Crippen LogP contribution in [-0.4, -0.2) is 19.1 Å². The minimum absolute atomic E-state index is 1.38. The van der Waals surface area contributed by atoms with E-state index in [-0.39, 0.29) is 0 Å². The third-order valence-corrected chi connectivity index (χ3v) is 8.44. The van der Waals surface area contributed by atoms with E-state index in [2.05, 4.69) is 9.05 Å². The molecule has 0 bridgehead atoms. The Morgan fingerprint density at radius 3 is 0.389 bits per heavy atom. The number of hydrogen-bond donors (Lipinski definition) is 1. The summed E-state index contributed by atoms with van der Waals surface area (Å²) in [5, 5.41) is 0. The van der Waals surface area contributed by atoms with Crippen molar-refractivity contribution in [1.82, 2.24) is 0 Å². The molecule has 0 aromatic carbocycles. The van der Waals surface area contributed by atoms with Gasteiger partial charge >= 0.3 is 8.60 Å². The molecule has 0 spiro atoms. The molecular formula is C32H67O3P. The first-order valence-corrected chi connectivity index (χ1v) is 17.5. The number of hydrogen-bond acceptors (Lipinski definition) is 3. The van der Waals surface area contributed by atoms with Gasteiger partial charge < -0.3 is 13.9 Å². The van der Waals surface area contributed by atoms with Crippen molar-refractivity contribution in [3.8, 4) is 0 Å². The first-order chi connectivity index (χ1) is 17.8. The standard InChI is InChI=1S/3C10H20.C2H7O3P/c3*1-2-4-6-8-10-9-7-5-3-1;1-4-6(3)5-2/h3*1-10H2;3H,1-2H3. The summed E-state index contributed by atoms with van der Waals surface area (Å²) >= 11 is 0. The van der Waals surface area contributed by atoms with Crippen LogP contribution < -0.4 is 0 Å². The normalized spacial score (nSPS) is 21.7. The molecule has 3 saturated carbocycles. The van der Waals surface area contributed by atoms with Crippen molar-refractivity contribution in [2.45, 2.75) is 193 Å². The highest BCUT2D eigenvalue weighted by Gasteiger charge is 1.98. The van der Waals surface area contributed by atoms with Crippen LogP contribution in [0.3, 0.4) is 0 Å². The molecule has 0 aromatic rings. The maximum atomic E-state index is 8.29. The zero-order valence-corrected chi connectivity index (χ0v) is 25.8. The molecule has 1 N–H and O–H groups in total. The van der Waals surface area contributed by atoms with Gasteiger partial charge in [0.15, 0.2) is 0 Å². The molecule has 3 aliphatic rings. The predicted molar refractivity (Wildman–Crippen MR) is 162 cm³/mol. The Morgan fingerprint density at radius 1 is 0.278 bits per heavy atom. The second-order valence-electron chi connectivity index (χ2n) is 11.2. The van der Waals surface area contributed by atoms with Crippen LogP contribution in [0.5, 0.6) is 0 Å². The summed E-state index contributed by atoms with van der Waals surface area (Å²) in [6.45, 7) is 0. The molecule has 3 fully saturated rings. The molecule has 0 heterocycles. The average molecular weight is 531 g/mol. The summed E-state index contributed by atoms with van der Waals surface area (Å²) in [4.78, 5) is 8.29. The topological polar surface area (TPSA) is 38.7 Å². The van der Waals surface area contributed by atoms with E-state index in [1.54, 1.807) is 0 Å². The van der Waals surface area contributed by atoms with Crippen LogP contribution in [-0.2, 0) is 9.05 Å². The highest BCUT2D eigenvalue weighted by molar-refractivity contribution is 7.40. The van der Waals surface area contributed by atoms with Crippen LogP contribution in [0.1, 0.15) is 193 Å². The monoisotopic (exact) mass is 530 g/mol. The fourth-order valence-electron chi connectivity index (χ4n) is 5.38. The summed E-state index contributed by atoms with van der Waals surface area (Å²) < 4.78 is 8.59. The van der Waals surface area contributed by atoms with Crippen molar-refractivity contribution in [1.29, 1.82) is 0 Å². The third-order valence-electron chi connectivity index (χ3n) is 7.81. The molecule has 4 heteroatoms. The average Bonchev–Trinajstić information content (AvgIpc) is 2.94. The third kappa shape index (κ3) is 32.3. The lowest BCUT2D eigenvalue weighted by atomic mass is 10.0.